The summed E-state index contributed by atoms with van der Waals surface area (Å²) in [6.45, 7) is 3.11. The molecule has 0 saturated carbocycles. The van der Waals surface area contributed by atoms with Gasteiger partial charge in [0.15, 0.2) is 18.1 Å². The van der Waals surface area contributed by atoms with Gasteiger partial charge >= 0.3 is 5.97 Å². The van der Waals surface area contributed by atoms with E-state index in [1.165, 1.54) is 0 Å². The molecule has 3 heterocycles. The molecule has 31 heavy (non-hydrogen) atoms. The first-order chi connectivity index (χ1) is 15.1. The van der Waals surface area contributed by atoms with Crippen LogP contribution in [0.5, 0.6) is 23.0 Å². The SMILES string of the molecule is COCCOCCOc1cccc2c1C1(COc3cc4c(cc31)OC(=O)CO4)CN2C. The fourth-order valence-corrected chi connectivity index (χ4v) is 4.60. The average molecular weight is 427 g/mol. The second kappa shape index (κ2) is 7.94. The van der Waals surface area contributed by atoms with Crippen molar-refractivity contribution < 1.29 is 33.2 Å². The van der Waals surface area contributed by atoms with Crippen molar-refractivity contribution in [2.75, 3.05) is 65.2 Å². The zero-order valence-electron chi connectivity index (χ0n) is 17.6. The Morgan fingerprint density at radius 2 is 1.94 bits per heavy atom. The van der Waals surface area contributed by atoms with Crippen molar-refractivity contribution in [1.82, 2.24) is 0 Å². The van der Waals surface area contributed by atoms with Crippen LogP contribution in [0.2, 0.25) is 0 Å². The predicted octanol–water partition coefficient (Wildman–Crippen LogP) is 2.15. The van der Waals surface area contributed by atoms with Gasteiger partial charge in [-0.25, -0.2) is 4.79 Å². The lowest BCUT2D eigenvalue weighted by atomic mass is 9.77. The Bertz CT molecular complexity index is 1010. The lowest BCUT2D eigenvalue weighted by molar-refractivity contribution is -0.138. The molecule has 2 aromatic rings. The zero-order valence-corrected chi connectivity index (χ0v) is 17.6. The molecule has 0 N–H and O–H groups in total. The molecule has 0 aliphatic carbocycles. The van der Waals surface area contributed by atoms with Gasteiger partial charge in [-0.15, -0.1) is 0 Å². The largest absolute Gasteiger partial charge is 0.492 e. The molecule has 3 aliphatic heterocycles. The molecule has 1 spiro atoms. The molecule has 0 bridgehead atoms. The van der Waals surface area contributed by atoms with E-state index in [2.05, 4.69) is 18.0 Å². The molecule has 0 aromatic heterocycles. The highest BCUT2D eigenvalue weighted by atomic mass is 16.6. The fraction of sp³-hybridized carbons (Fsp3) is 0.435. The van der Waals surface area contributed by atoms with E-state index in [1.807, 2.05) is 24.3 Å². The van der Waals surface area contributed by atoms with Crippen LogP contribution in [0, 0.1) is 0 Å². The summed E-state index contributed by atoms with van der Waals surface area (Å²) in [5, 5.41) is 0. The molecular formula is C23H25NO7. The minimum atomic E-state index is -0.425. The van der Waals surface area contributed by atoms with Crippen molar-refractivity contribution in [2.45, 2.75) is 5.41 Å². The number of anilines is 1. The number of fused-ring (bicyclic) bond motifs is 5. The van der Waals surface area contributed by atoms with Crippen LogP contribution in [0.1, 0.15) is 11.1 Å². The lowest BCUT2D eigenvalue weighted by Gasteiger charge is -2.26. The third kappa shape index (κ3) is 3.36. The second-order valence-electron chi connectivity index (χ2n) is 7.89. The molecule has 8 heteroatoms. The Kier molecular flexibility index (Phi) is 5.11. The second-order valence-corrected chi connectivity index (χ2v) is 7.89. The van der Waals surface area contributed by atoms with E-state index in [4.69, 9.17) is 28.4 Å². The van der Waals surface area contributed by atoms with Crippen molar-refractivity contribution >= 4 is 11.7 Å². The Morgan fingerprint density at radius 3 is 2.81 bits per heavy atom. The molecule has 5 rings (SSSR count). The summed E-state index contributed by atoms with van der Waals surface area (Å²) in [4.78, 5) is 13.9. The minimum absolute atomic E-state index is 0.0903. The summed E-state index contributed by atoms with van der Waals surface area (Å²) < 4.78 is 33.7. The number of methoxy groups -OCH3 is 1. The Balaban J connectivity index is 1.47. The summed E-state index contributed by atoms with van der Waals surface area (Å²) in [7, 11) is 3.71. The lowest BCUT2D eigenvalue weighted by Crippen LogP contribution is -2.35. The van der Waals surface area contributed by atoms with E-state index in [0.717, 1.165) is 34.9 Å². The maximum Gasteiger partial charge on any atom is 0.349 e. The highest BCUT2D eigenvalue weighted by molar-refractivity contribution is 5.79. The molecule has 0 fully saturated rings. The van der Waals surface area contributed by atoms with Crippen LogP contribution in [-0.4, -0.2) is 66.3 Å². The fourth-order valence-electron chi connectivity index (χ4n) is 4.60. The van der Waals surface area contributed by atoms with Gasteiger partial charge in [-0.2, -0.15) is 0 Å². The van der Waals surface area contributed by atoms with E-state index in [1.54, 1.807) is 7.11 Å². The highest BCUT2D eigenvalue weighted by Crippen LogP contribution is 2.56. The molecule has 164 valence electrons. The normalized spacial score (nSPS) is 20.6. The average Bonchev–Trinajstić information content (AvgIpc) is 3.27. The van der Waals surface area contributed by atoms with Crippen LogP contribution < -0.4 is 23.8 Å². The number of benzene rings is 2. The summed E-state index contributed by atoms with van der Waals surface area (Å²) in [5.74, 6) is 2.11. The highest BCUT2D eigenvalue weighted by Gasteiger charge is 2.51. The number of nitrogens with zero attached hydrogens (tertiary/aromatic N) is 1. The monoisotopic (exact) mass is 427 g/mol. The van der Waals surface area contributed by atoms with Crippen LogP contribution in [-0.2, 0) is 19.7 Å². The molecule has 2 aromatic carbocycles. The first-order valence-electron chi connectivity index (χ1n) is 10.3. The summed E-state index contributed by atoms with van der Waals surface area (Å²) >= 11 is 0. The van der Waals surface area contributed by atoms with Crippen LogP contribution in [0.3, 0.4) is 0 Å². The standard InChI is InChI=1S/C23H25NO7/c1-24-13-23(14-30-18-11-19-20(10-15(18)23)31-21(25)12-29-19)22-16(24)4-3-5-17(22)28-9-8-27-7-6-26-2/h3-5,10-11H,6-9,12-14H2,1-2H3. The van der Waals surface area contributed by atoms with Crippen LogP contribution in [0.15, 0.2) is 30.3 Å². The van der Waals surface area contributed by atoms with E-state index in [-0.39, 0.29) is 6.61 Å². The van der Waals surface area contributed by atoms with Crippen LogP contribution in [0.4, 0.5) is 5.69 Å². The van der Waals surface area contributed by atoms with Gasteiger partial charge in [0.2, 0.25) is 0 Å². The van der Waals surface area contributed by atoms with Crippen molar-refractivity contribution in [3.63, 3.8) is 0 Å². The van der Waals surface area contributed by atoms with Gasteiger partial charge in [0.25, 0.3) is 0 Å². The maximum atomic E-state index is 11.7. The minimum Gasteiger partial charge on any atom is -0.492 e. The molecule has 0 amide bonds. The number of hydrogen-bond donors (Lipinski definition) is 0. The van der Waals surface area contributed by atoms with Gasteiger partial charge in [-0.05, 0) is 18.2 Å². The Morgan fingerprint density at radius 1 is 1.06 bits per heavy atom. The van der Waals surface area contributed by atoms with Crippen LogP contribution >= 0.6 is 0 Å². The number of likely N-dealkylation sites (N-methyl/N-ethyl adjacent to an activating group) is 1. The number of ether oxygens (including phenoxy) is 6. The predicted molar refractivity (Wildman–Crippen MR) is 112 cm³/mol. The first-order valence-corrected chi connectivity index (χ1v) is 10.3. The molecule has 0 saturated heterocycles. The first kappa shape index (κ1) is 20.0. The van der Waals surface area contributed by atoms with Gasteiger partial charge in [-0.1, -0.05) is 6.07 Å². The summed E-state index contributed by atoms with van der Waals surface area (Å²) in [6.07, 6.45) is 0. The quantitative estimate of drug-likeness (QED) is 0.378. The smallest absolute Gasteiger partial charge is 0.349 e. The molecule has 8 nitrogen and oxygen atoms in total. The van der Waals surface area contributed by atoms with Gasteiger partial charge < -0.3 is 33.3 Å². The van der Waals surface area contributed by atoms with E-state index >= 15 is 0 Å². The number of rotatable bonds is 7. The van der Waals surface area contributed by atoms with Crippen molar-refractivity contribution in [3.05, 3.63) is 41.5 Å². The Labute approximate surface area is 180 Å². The van der Waals surface area contributed by atoms with Crippen molar-refractivity contribution in [1.29, 1.82) is 0 Å². The van der Waals surface area contributed by atoms with E-state index < -0.39 is 11.4 Å². The van der Waals surface area contributed by atoms with Gasteiger partial charge in [0.05, 0.1) is 25.2 Å². The third-order valence-corrected chi connectivity index (χ3v) is 5.92. The zero-order chi connectivity index (χ0) is 21.4. The molecule has 0 radical (unpaired) electrons. The number of hydrogen-bond acceptors (Lipinski definition) is 8. The van der Waals surface area contributed by atoms with E-state index in [9.17, 15) is 4.79 Å². The molecular weight excluding hydrogens is 402 g/mol. The van der Waals surface area contributed by atoms with Crippen LogP contribution in [0.25, 0.3) is 0 Å². The van der Waals surface area contributed by atoms with Gasteiger partial charge in [0, 0.05) is 43.6 Å². The third-order valence-electron chi connectivity index (χ3n) is 5.92. The number of carbonyl (C=O) groups is 1. The topological polar surface area (TPSA) is 75.7 Å². The summed E-state index contributed by atoms with van der Waals surface area (Å²) in [5.41, 5.74) is 2.73. The molecule has 1 atom stereocenters. The molecule has 3 aliphatic rings. The summed E-state index contributed by atoms with van der Waals surface area (Å²) in [6, 6.07) is 9.76. The maximum absolute atomic E-state index is 11.7. The number of esters is 1. The Hall–Kier alpha value is -2.97. The van der Waals surface area contributed by atoms with Crippen molar-refractivity contribution in [2.24, 2.45) is 0 Å². The van der Waals surface area contributed by atoms with Crippen molar-refractivity contribution in [3.8, 4) is 23.0 Å². The number of carbonyl (C=O) groups excluding carboxylic acids is 1. The van der Waals surface area contributed by atoms with Gasteiger partial charge in [-0.3, -0.25) is 0 Å². The molecule has 1 unspecified atom stereocenters. The van der Waals surface area contributed by atoms with E-state index in [0.29, 0.717) is 44.5 Å². The van der Waals surface area contributed by atoms with Gasteiger partial charge in [0.1, 0.15) is 24.7 Å².